The molecule has 96 valence electrons. The standard InChI is InChI=1S/C11H25N3OS/c1-6-12-10(13-7-8-15-4)14-9-11(2,3)16-5/h6-9H2,1-5H3,(H2,12,13,14). The van der Waals surface area contributed by atoms with Crippen molar-refractivity contribution >= 4 is 17.7 Å². The van der Waals surface area contributed by atoms with E-state index in [0.29, 0.717) is 6.61 Å². The molecule has 0 aliphatic rings. The lowest BCUT2D eigenvalue weighted by Crippen LogP contribution is -2.39. The van der Waals surface area contributed by atoms with Crippen LogP contribution >= 0.6 is 11.8 Å². The molecule has 0 aromatic heterocycles. The first kappa shape index (κ1) is 15.6. The number of hydrogen-bond donors (Lipinski definition) is 2. The maximum Gasteiger partial charge on any atom is 0.191 e. The monoisotopic (exact) mass is 247 g/mol. The molecule has 0 fully saturated rings. The number of hydrogen-bond acceptors (Lipinski definition) is 3. The molecule has 0 spiro atoms. The maximum absolute atomic E-state index is 4.99. The van der Waals surface area contributed by atoms with Crippen molar-refractivity contribution in [1.29, 1.82) is 0 Å². The summed E-state index contributed by atoms with van der Waals surface area (Å²) in [5.74, 6) is 0.863. The van der Waals surface area contributed by atoms with Gasteiger partial charge in [0, 0.05) is 24.9 Å². The van der Waals surface area contributed by atoms with Crippen LogP contribution in [-0.4, -0.2) is 50.3 Å². The Kier molecular flexibility index (Phi) is 8.47. The molecule has 0 aromatic rings. The molecule has 0 saturated heterocycles. The Hall–Kier alpha value is -0.420. The molecule has 0 saturated carbocycles. The highest BCUT2D eigenvalue weighted by molar-refractivity contribution is 7.99. The van der Waals surface area contributed by atoms with Crippen LogP contribution in [0.25, 0.3) is 0 Å². The van der Waals surface area contributed by atoms with Gasteiger partial charge < -0.3 is 15.4 Å². The molecule has 0 atom stereocenters. The van der Waals surface area contributed by atoms with Gasteiger partial charge in [-0.2, -0.15) is 11.8 Å². The van der Waals surface area contributed by atoms with Crippen LogP contribution in [0.3, 0.4) is 0 Å². The normalized spacial score (nSPS) is 12.7. The van der Waals surface area contributed by atoms with Gasteiger partial charge in [-0.15, -0.1) is 0 Å². The highest BCUT2D eigenvalue weighted by atomic mass is 32.2. The van der Waals surface area contributed by atoms with Gasteiger partial charge in [0.05, 0.1) is 13.2 Å². The fourth-order valence-electron chi connectivity index (χ4n) is 0.947. The molecule has 0 bridgehead atoms. The number of guanidine groups is 1. The highest BCUT2D eigenvalue weighted by Crippen LogP contribution is 2.20. The third kappa shape index (κ3) is 7.82. The first-order valence-corrected chi connectivity index (χ1v) is 6.84. The van der Waals surface area contributed by atoms with E-state index in [1.807, 2.05) is 11.8 Å². The van der Waals surface area contributed by atoms with Gasteiger partial charge in [0.1, 0.15) is 0 Å². The average Bonchev–Trinajstić information content (AvgIpc) is 2.26. The Morgan fingerprint density at radius 2 is 2.06 bits per heavy atom. The van der Waals surface area contributed by atoms with E-state index < -0.39 is 0 Å². The summed E-state index contributed by atoms with van der Waals surface area (Å²) in [5.41, 5.74) is 0. The SMILES string of the molecule is CCNC(=NCC(C)(C)SC)NCCOC. The highest BCUT2D eigenvalue weighted by Gasteiger charge is 2.15. The van der Waals surface area contributed by atoms with E-state index >= 15 is 0 Å². The minimum atomic E-state index is 0.184. The van der Waals surface area contributed by atoms with Crippen molar-refractivity contribution in [2.45, 2.75) is 25.5 Å². The van der Waals surface area contributed by atoms with E-state index in [2.05, 4.69) is 42.7 Å². The quantitative estimate of drug-likeness (QED) is 0.405. The molecule has 16 heavy (non-hydrogen) atoms. The Morgan fingerprint density at radius 3 is 2.56 bits per heavy atom. The van der Waals surface area contributed by atoms with Crippen LogP contribution in [-0.2, 0) is 4.74 Å². The molecular formula is C11H25N3OS. The van der Waals surface area contributed by atoms with Gasteiger partial charge in [0.25, 0.3) is 0 Å². The van der Waals surface area contributed by atoms with Crippen LogP contribution in [0.2, 0.25) is 0 Å². The fraction of sp³-hybridized carbons (Fsp3) is 0.909. The summed E-state index contributed by atoms with van der Waals surface area (Å²) in [4.78, 5) is 4.55. The van der Waals surface area contributed by atoms with E-state index in [0.717, 1.165) is 25.6 Å². The number of methoxy groups -OCH3 is 1. The zero-order valence-corrected chi connectivity index (χ0v) is 11.9. The number of rotatable bonds is 7. The molecule has 0 radical (unpaired) electrons. The van der Waals surface area contributed by atoms with Crippen LogP contribution in [0.4, 0.5) is 0 Å². The smallest absolute Gasteiger partial charge is 0.191 e. The van der Waals surface area contributed by atoms with E-state index in [-0.39, 0.29) is 4.75 Å². The topological polar surface area (TPSA) is 45.7 Å². The van der Waals surface area contributed by atoms with E-state index in [9.17, 15) is 0 Å². The van der Waals surface area contributed by atoms with Crippen molar-refractivity contribution in [3.63, 3.8) is 0 Å². The minimum Gasteiger partial charge on any atom is -0.383 e. The van der Waals surface area contributed by atoms with Crippen LogP contribution in [0.1, 0.15) is 20.8 Å². The zero-order chi connectivity index (χ0) is 12.4. The molecule has 0 amide bonds. The Labute approximate surface area is 104 Å². The molecule has 0 aliphatic carbocycles. The number of ether oxygens (including phenoxy) is 1. The molecule has 0 aliphatic heterocycles. The van der Waals surface area contributed by atoms with Crippen LogP contribution in [0, 0.1) is 0 Å². The maximum atomic E-state index is 4.99. The van der Waals surface area contributed by atoms with E-state index in [1.54, 1.807) is 7.11 Å². The third-order valence-electron chi connectivity index (χ3n) is 2.11. The minimum absolute atomic E-state index is 0.184. The summed E-state index contributed by atoms with van der Waals surface area (Å²) in [6.07, 6.45) is 2.11. The number of nitrogens with zero attached hydrogens (tertiary/aromatic N) is 1. The largest absolute Gasteiger partial charge is 0.383 e. The van der Waals surface area contributed by atoms with Gasteiger partial charge in [-0.25, -0.2) is 0 Å². The molecule has 5 heteroatoms. The van der Waals surface area contributed by atoms with E-state index in [4.69, 9.17) is 4.74 Å². The van der Waals surface area contributed by atoms with Crippen molar-refractivity contribution in [1.82, 2.24) is 10.6 Å². The molecule has 0 aromatic carbocycles. The molecule has 0 heterocycles. The van der Waals surface area contributed by atoms with Crippen molar-refractivity contribution in [2.75, 3.05) is 39.6 Å². The Bertz CT molecular complexity index is 207. The summed E-state index contributed by atoms with van der Waals surface area (Å²) >= 11 is 1.83. The predicted molar refractivity (Wildman–Crippen MR) is 73.5 cm³/mol. The van der Waals surface area contributed by atoms with Gasteiger partial charge in [-0.3, -0.25) is 4.99 Å². The molecule has 4 nitrogen and oxygen atoms in total. The summed E-state index contributed by atoms with van der Waals surface area (Å²) in [6.45, 7) is 9.60. The van der Waals surface area contributed by atoms with Gasteiger partial charge in [0.15, 0.2) is 5.96 Å². The third-order valence-corrected chi connectivity index (χ3v) is 3.35. The summed E-state index contributed by atoms with van der Waals surface area (Å²) < 4.78 is 5.17. The van der Waals surface area contributed by atoms with Crippen LogP contribution in [0.5, 0.6) is 0 Å². The van der Waals surface area contributed by atoms with Crippen molar-refractivity contribution in [2.24, 2.45) is 4.99 Å². The second-order valence-corrected chi connectivity index (χ2v) is 5.59. The van der Waals surface area contributed by atoms with Crippen molar-refractivity contribution < 1.29 is 4.74 Å². The second kappa shape index (κ2) is 8.70. The molecular weight excluding hydrogens is 222 g/mol. The summed E-state index contributed by atoms with van der Waals surface area (Å²) in [6, 6.07) is 0. The first-order chi connectivity index (χ1) is 7.55. The second-order valence-electron chi connectivity index (χ2n) is 4.08. The lowest BCUT2D eigenvalue weighted by Gasteiger charge is -2.20. The Morgan fingerprint density at radius 1 is 1.38 bits per heavy atom. The average molecular weight is 247 g/mol. The number of aliphatic imine (C=N–C) groups is 1. The van der Waals surface area contributed by atoms with Gasteiger partial charge in [-0.05, 0) is 27.0 Å². The molecule has 2 N–H and O–H groups in total. The van der Waals surface area contributed by atoms with Gasteiger partial charge in [-0.1, -0.05) is 0 Å². The van der Waals surface area contributed by atoms with E-state index in [1.165, 1.54) is 0 Å². The van der Waals surface area contributed by atoms with Crippen LogP contribution < -0.4 is 10.6 Å². The lowest BCUT2D eigenvalue weighted by atomic mass is 10.2. The molecule has 0 unspecified atom stereocenters. The zero-order valence-electron chi connectivity index (χ0n) is 11.1. The summed E-state index contributed by atoms with van der Waals surface area (Å²) in [7, 11) is 1.70. The van der Waals surface area contributed by atoms with Crippen molar-refractivity contribution in [3.05, 3.63) is 0 Å². The number of nitrogens with one attached hydrogen (secondary N) is 2. The Balaban J connectivity index is 4.12. The lowest BCUT2D eigenvalue weighted by molar-refractivity contribution is 0.203. The first-order valence-electron chi connectivity index (χ1n) is 5.62. The molecule has 0 rings (SSSR count). The van der Waals surface area contributed by atoms with Crippen molar-refractivity contribution in [3.8, 4) is 0 Å². The number of thioether (sulfide) groups is 1. The van der Waals surface area contributed by atoms with Gasteiger partial charge >= 0.3 is 0 Å². The van der Waals surface area contributed by atoms with Crippen LogP contribution in [0.15, 0.2) is 4.99 Å². The van der Waals surface area contributed by atoms with Gasteiger partial charge in [0.2, 0.25) is 0 Å². The predicted octanol–water partition coefficient (Wildman–Crippen LogP) is 1.33. The fourth-order valence-corrected chi connectivity index (χ4v) is 1.14. The summed E-state index contributed by atoms with van der Waals surface area (Å²) in [5, 5.41) is 6.44.